The minimum atomic E-state index is -0.417. The highest BCUT2D eigenvalue weighted by atomic mass is 16.2. The predicted octanol–water partition coefficient (Wildman–Crippen LogP) is 2.74. The fraction of sp³-hybridized carbons (Fsp3) is 0.588. The van der Waals surface area contributed by atoms with E-state index in [2.05, 4.69) is 6.92 Å². The van der Waals surface area contributed by atoms with Crippen molar-refractivity contribution < 1.29 is 4.79 Å². The van der Waals surface area contributed by atoms with Crippen LogP contribution in [0.1, 0.15) is 44.6 Å². The second-order valence-electron chi connectivity index (χ2n) is 5.71. The van der Waals surface area contributed by atoms with Crippen LogP contribution in [0.4, 0.5) is 0 Å². The van der Waals surface area contributed by atoms with Crippen LogP contribution in [-0.4, -0.2) is 29.4 Å². The molecule has 1 fully saturated rings. The Morgan fingerprint density at radius 3 is 2.50 bits per heavy atom. The number of amides is 1. The summed E-state index contributed by atoms with van der Waals surface area (Å²) in [6, 6.07) is 10.0. The molecule has 0 spiro atoms. The van der Waals surface area contributed by atoms with Crippen molar-refractivity contribution in [2.45, 2.75) is 57.5 Å². The number of nitrogens with two attached hydrogens (primary N) is 1. The Kier molecular flexibility index (Phi) is 5.60. The maximum atomic E-state index is 12.6. The summed E-state index contributed by atoms with van der Waals surface area (Å²) < 4.78 is 0. The van der Waals surface area contributed by atoms with Gasteiger partial charge in [0, 0.05) is 12.6 Å². The summed E-state index contributed by atoms with van der Waals surface area (Å²) in [4.78, 5) is 14.6. The van der Waals surface area contributed by atoms with Crippen LogP contribution in [0.15, 0.2) is 30.3 Å². The van der Waals surface area contributed by atoms with Crippen LogP contribution in [0.3, 0.4) is 0 Å². The third-order valence-corrected chi connectivity index (χ3v) is 4.25. The maximum Gasteiger partial charge on any atom is 0.240 e. The van der Waals surface area contributed by atoms with Crippen molar-refractivity contribution in [2.75, 3.05) is 6.54 Å². The van der Waals surface area contributed by atoms with Gasteiger partial charge in [-0.1, -0.05) is 49.6 Å². The molecule has 110 valence electrons. The smallest absolute Gasteiger partial charge is 0.240 e. The van der Waals surface area contributed by atoms with Gasteiger partial charge in [-0.2, -0.15) is 0 Å². The SMILES string of the molecule is CCN(C(=O)C(N)Cc1ccccc1)C1CCCCC1. The number of carbonyl (C=O) groups is 1. The molecule has 1 aromatic carbocycles. The third-order valence-electron chi connectivity index (χ3n) is 4.25. The monoisotopic (exact) mass is 274 g/mol. The number of hydrogen-bond acceptors (Lipinski definition) is 2. The first-order valence-corrected chi connectivity index (χ1v) is 7.82. The summed E-state index contributed by atoms with van der Waals surface area (Å²) in [5.41, 5.74) is 7.27. The van der Waals surface area contributed by atoms with Gasteiger partial charge in [-0.3, -0.25) is 4.79 Å². The van der Waals surface area contributed by atoms with E-state index in [0.29, 0.717) is 12.5 Å². The van der Waals surface area contributed by atoms with E-state index in [-0.39, 0.29) is 5.91 Å². The number of rotatable bonds is 5. The van der Waals surface area contributed by atoms with Crippen LogP contribution in [0.25, 0.3) is 0 Å². The molecule has 3 nitrogen and oxygen atoms in total. The zero-order chi connectivity index (χ0) is 14.4. The molecular formula is C17H26N2O. The van der Waals surface area contributed by atoms with Crippen molar-refractivity contribution in [3.8, 4) is 0 Å². The van der Waals surface area contributed by atoms with Crippen LogP contribution in [-0.2, 0) is 11.2 Å². The van der Waals surface area contributed by atoms with Crippen LogP contribution >= 0.6 is 0 Å². The van der Waals surface area contributed by atoms with Crippen molar-refractivity contribution in [1.82, 2.24) is 4.90 Å². The van der Waals surface area contributed by atoms with E-state index in [1.807, 2.05) is 35.2 Å². The standard InChI is InChI=1S/C17H26N2O/c1-2-19(15-11-7-4-8-12-15)17(20)16(18)13-14-9-5-3-6-10-14/h3,5-6,9-10,15-16H,2,4,7-8,11-13,18H2,1H3. The van der Waals surface area contributed by atoms with E-state index in [1.165, 1.54) is 19.3 Å². The van der Waals surface area contributed by atoms with Crippen molar-refractivity contribution in [3.05, 3.63) is 35.9 Å². The summed E-state index contributed by atoms with van der Waals surface area (Å²) in [5, 5.41) is 0. The first-order chi connectivity index (χ1) is 9.72. The number of benzene rings is 1. The van der Waals surface area contributed by atoms with E-state index >= 15 is 0 Å². The van der Waals surface area contributed by atoms with Gasteiger partial charge in [-0.25, -0.2) is 0 Å². The number of carbonyl (C=O) groups excluding carboxylic acids is 1. The molecule has 0 aliphatic heterocycles. The molecule has 3 heteroatoms. The van der Waals surface area contributed by atoms with Crippen molar-refractivity contribution >= 4 is 5.91 Å². The highest BCUT2D eigenvalue weighted by molar-refractivity contribution is 5.82. The molecule has 0 aromatic heterocycles. The molecule has 1 aromatic rings. The van der Waals surface area contributed by atoms with E-state index < -0.39 is 6.04 Å². The van der Waals surface area contributed by atoms with Gasteiger partial charge in [0.2, 0.25) is 5.91 Å². The molecule has 1 aliphatic carbocycles. The minimum Gasteiger partial charge on any atom is -0.339 e. The fourth-order valence-corrected chi connectivity index (χ4v) is 3.16. The van der Waals surface area contributed by atoms with Gasteiger partial charge in [-0.15, -0.1) is 0 Å². The predicted molar refractivity (Wildman–Crippen MR) is 82.4 cm³/mol. The third kappa shape index (κ3) is 3.83. The van der Waals surface area contributed by atoms with Crippen molar-refractivity contribution in [3.63, 3.8) is 0 Å². The Hall–Kier alpha value is -1.35. The largest absolute Gasteiger partial charge is 0.339 e. The number of likely N-dealkylation sites (N-methyl/N-ethyl adjacent to an activating group) is 1. The van der Waals surface area contributed by atoms with Gasteiger partial charge in [0.05, 0.1) is 6.04 Å². The summed E-state index contributed by atoms with van der Waals surface area (Å²) in [7, 11) is 0. The molecule has 2 N–H and O–H groups in total. The highest BCUT2D eigenvalue weighted by Gasteiger charge is 2.27. The van der Waals surface area contributed by atoms with Crippen LogP contribution in [0, 0.1) is 0 Å². The maximum absolute atomic E-state index is 12.6. The molecular weight excluding hydrogens is 248 g/mol. The second kappa shape index (κ2) is 7.44. The molecule has 1 amide bonds. The molecule has 0 heterocycles. The van der Waals surface area contributed by atoms with E-state index in [0.717, 1.165) is 24.9 Å². The Balaban J connectivity index is 1.96. The molecule has 0 saturated heterocycles. The normalized spacial score (nSPS) is 17.7. The van der Waals surface area contributed by atoms with Crippen molar-refractivity contribution in [1.29, 1.82) is 0 Å². The summed E-state index contributed by atoms with van der Waals surface area (Å²) in [6.45, 7) is 2.83. The molecule has 1 atom stereocenters. The molecule has 1 unspecified atom stereocenters. The lowest BCUT2D eigenvalue weighted by molar-refractivity contribution is -0.135. The lowest BCUT2D eigenvalue weighted by Gasteiger charge is -2.35. The number of hydrogen-bond donors (Lipinski definition) is 1. The van der Waals surface area contributed by atoms with Gasteiger partial charge < -0.3 is 10.6 Å². The first kappa shape index (κ1) is 15.0. The topological polar surface area (TPSA) is 46.3 Å². The quantitative estimate of drug-likeness (QED) is 0.897. The van der Waals surface area contributed by atoms with Gasteiger partial charge in [-0.05, 0) is 31.7 Å². The van der Waals surface area contributed by atoms with Gasteiger partial charge in [0.15, 0.2) is 0 Å². The average molecular weight is 274 g/mol. The minimum absolute atomic E-state index is 0.114. The molecule has 20 heavy (non-hydrogen) atoms. The Morgan fingerprint density at radius 2 is 1.90 bits per heavy atom. The van der Waals surface area contributed by atoms with Crippen LogP contribution < -0.4 is 5.73 Å². The highest BCUT2D eigenvalue weighted by Crippen LogP contribution is 2.23. The Labute approximate surface area is 122 Å². The zero-order valence-corrected chi connectivity index (χ0v) is 12.4. The number of nitrogens with zero attached hydrogens (tertiary/aromatic N) is 1. The molecule has 0 radical (unpaired) electrons. The zero-order valence-electron chi connectivity index (χ0n) is 12.4. The lowest BCUT2D eigenvalue weighted by atomic mass is 9.93. The Morgan fingerprint density at radius 1 is 1.25 bits per heavy atom. The second-order valence-corrected chi connectivity index (χ2v) is 5.71. The summed E-state index contributed by atoms with van der Waals surface area (Å²) in [6.07, 6.45) is 6.68. The van der Waals surface area contributed by atoms with Crippen LogP contribution in [0.2, 0.25) is 0 Å². The molecule has 1 aliphatic rings. The van der Waals surface area contributed by atoms with E-state index in [1.54, 1.807) is 0 Å². The van der Waals surface area contributed by atoms with Crippen LogP contribution in [0.5, 0.6) is 0 Å². The summed E-state index contributed by atoms with van der Waals surface area (Å²) in [5.74, 6) is 0.114. The molecule has 2 rings (SSSR count). The average Bonchev–Trinajstić information content (AvgIpc) is 2.50. The van der Waals surface area contributed by atoms with Gasteiger partial charge in [0.1, 0.15) is 0 Å². The summed E-state index contributed by atoms with van der Waals surface area (Å²) >= 11 is 0. The Bertz CT molecular complexity index is 412. The van der Waals surface area contributed by atoms with E-state index in [9.17, 15) is 4.79 Å². The fourth-order valence-electron chi connectivity index (χ4n) is 3.16. The molecule has 0 bridgehead atoms. The van der Waals surface area contributed by atoms with Crippen molar-refractivity contribution in [2.24, 2.45) is 5.73 Å². The first-order valence-electron chi connectivity index (χ1n) is 7.82. The van der Waals surface area contributed by atoms with E-state index in [4.69, 9.17) is 5.73 Å². The lowest BCUT2D eigenvalue weighted by Crippen LogP contribution is -2.49. The van der Waals surface area contributed by atoms with Gasteiger partial charge in [0.25, 0.3) is 0 Å². The molecule has 1 saturated carbocycles. The van der Waals surface area contributed by atoms with Gasteiger partial charge >= 0.3 is 0 Å².